The topological polar surface area (TPSA) is 134 Å². The molecular weight excluding hydrogens is 741 g/mol. The number of carbonyl (C=O) groups is 2. The Morgan fingerprint density at radius 2 is 1.57 bits per heavy atom. The molecule has 2 aliphatic rings. The molecule has 288 valence electrons. The summed E-state index contributed by atoms with van der Waals surface area (Å²) in [6, 6.07) is 9.79. The van der Waals surface area contributed by atoms with Crippen molar-refractivity contribution in [3.8, 4) is 5.75 Å². The normalized spacial score (nSPS) is 21.0. The molecule has 1 saturated heterocycles. The second-order valence-electron chi connectivity index (χ2n) is 12.8. The second-order valence-corrected chi connectivity index (χ2v) is 14.7. The van der Waals surface area contributed by atoms with Gasteiger partial charge in [-0.25, -0.2) is 12.8 Å². The molecule has 1 amide bonds. The Morgan fingerprint density at radius 1 is 0.943 bits per heavy atom. The molecule has 0 spiro atoms. The van der Waals surface area contributed by atoms with Gasteiger partial charge in [0, 0.05) is 18.9 Å². The number of β-amino-alcohol motifs (C(OH)–C–C–N with tert-alkyl or cyclic N) is 1. The van der Waals surface area contributed by atoms with Gasteiger partial charge in [0.15, 0.2) is 0 Å². The molecule has 0 saturated carbocycles. The summed E-state index contributed by atoms with van der Waals surface area (Å²) in [7, 11) is -3.26. The molecule has 2 N–H and O–H groups in total. The molecule has 2 heterocycles. The Balaban J connectivity index is 1.51. The van der Waals surface area contributed by atoms with Crippen LogP contribution in [0.25, 0.3) is 0 Å². The van der Waals surface area contributed by atoms with Gasteiger partial charge >= 0.3 is 18.3 Å². The van der Waals surface area contributed by atoms with Crippen LogP contribution in [-0.2, 0) is 42.8 Å². The van der Waals surface area contributed by atoms with Crippen molar-refractivity contribution in [2.75, 3.05) is 18.0 Å². The van der Waals surface area contributed by atoms with Crippen molar-refractivity contribution in [2.24, 2.45) is 0 Å². The molecule has 0 aromatic heterocycles. The number of methoxy groups -OCH3 is 1. The minimum absolute atomic E-state index is 0.197. The van der Waals surface area contributed by atoms with Gasteiger partial charge in [-0.1, -0.05) is 24.3 Å². The van der Waals surface area contributed by atoms with Gasteiger partial charge in [-0.2, -0.15) is 26.3 Å². The zero-order chi connectivity index (χ0) is 39.1. The van der Waals surface area contributed by atoms with Crippen molar-refractivity contribution >= 4 is 27.6 Å². The molecule has 0 aliphatic carbocycles. The molecule has 18 heteroatoms. The molecule has 2 aliphatic heterocycles. The number of aliphatic hydroxyl groups is 2. The van der Waals surface area contributed by atoms with Crippen molar-refractivity contribution in [1.29, 1.82) is 0 Å². The van der Waals surface area contributed by atoms with E-state index in [0.29, 0.717) is 34.7 Å². The first-order valence-corrected chi connectivity index (χ1v) is 17.7. The largest absolute Gasteiger partial charge is 0.497 e. The number of hydrogen-bond donors (Lipinski definition) is 2. The third kappa shape index (κ3) is 7.80. The monoisotopic (exact) mass is 776 g/mol. The van der Waals surface area contributed by atoms with E-state index in [1.807, 2.05) is 0 Å². The fraction of sp³-hybridized carbons (Fsp3) is 0.429. The van der Waals surface area contributed by atoms with Crippen molar-refractivity contribution in [3.05, 3.63) is 89.2 Å². The highest BCUT2D eigenvalue weighted by atomic mass is 32.2. The lowest BCUT2D eigenvalue weighted by Crippen LogP contribution is -2.54. The fourth-order valence-corrected chi connectivity index (χ4v) is 8.55. The summed E-state index contributed by atoms with van der Waals surface area (Å²) in [6.07, 6.45) is -15.4. The van der Waals surface area contributed by atoms with Crippen LogP contribution in [0.1, 0.15) is 42.9 Å². The van der Waals surface area contributed by atoms with E-state index >= 15 is 0 Å². The summed E-state index contributed by atoms with van der Waals surface area (Å²) < 4.78 is 136. The first-order chi connectivity index (χ1) is 24.7. The molecule has 3 aromatic rings. The summed E-state index contributed by atoms with van der Waals surface area (Å²) in [6.45, 7) is 0.833. The van der Waals surface area contributed by atoms with Gasteiger partial charge in [-0.05, 0) is 79.3 Å². The van der Waals surface area contributed by atoms with Crippen LogP contribution in [0.15, 0.2) is 71.6 Å². The smallest absolute Gasteiger partial charge is 0.430 e. The number of nitrogens with zero attached hydrogens (tertiary/aromatic N) is 2. The van der Waals surface area contributed by atoms with Crippen LogP contribution in [0.2, 0.25) is 0 Å². The zero-order valence-corrected chi connectivity index (χ0v) is 29.0. The maximum Gasteiger partial charge on any atom is 0.430 e. The summed E-state index contributed by atoms with van der Waals surface area (Å²) in [4.78, 5) is 26.8. The highest BCUT2D eigenvalue weighted by Gasteiger charge is 2.71. The van der Waals surface area contributed by atoms with E-state index in [1.165, 1.54) is 12.0 Å². The molecule has 3 aromatic carbocycles. The van der Waals surface area contributed by atoms with Crippen LogP contribution in [0, 0.1) is 5.82 Å². The Hall–Kier alpha value is -4.42. The molecule has 53 heavy (non-hydrogen) atoms. The summed E-state index contributed by atoms with van der Waals surface area (Å²) in [5.41, 5.74) is -6.70. The van der Waals surface area contributed by atoms with Crippen molar-refractivity contribution in [2.45, 2.75) is 86.2 Å². The van der Waals surface area contributed by atoms with E-state index in [9.17, 15) is 59.0 Å². The first kappa shape index (κ1) is 39.8. The van der Waals surface area contributed by atoms with Crippen LogP contribution in [0.3, 0.4) is 0 Å². The van der Waals surface area contributed by atoms with Gasteiger partial charge in [-0.15, -0.1) is 0 Å². The van der Waals surface area contributed by atoms with Gasteiger partial charge in [0.2, 0.25) is 5.91 Å². The van der Waals surface area contributed by atoms with Crippen molar-refractivity contribution in [3.63, 3.8) is 0 Å². The van der Waals surface area contributed by atoms with Crippen LogP contribution >= 0.6 is 0 Å². The maximum atomic E-state index is 14.1. The molecule has 4 atom stereocenters. The number of fused-ring (bicyclic) bond motifs is 1. The molecule has 0 radical (unpaired) electrons. The van der Waals surface area contributed by atoms with E-state index in [4.69, 9.17) is 9.47 Å². The minimum Gasteiger partial charge on any atom is -0.497 e. The number of esters is 1. The average molecular weight is 777 g/mol. The van der Waals surface area contributed by atoms with E-state index in [-0.39, 0.29) is 37.1 Å². The van der Waals surface area contributed by atoms with Gasteiger partial charge in [0.25, 0.3) is 15.6 Å². The fourth-order valence-electron chi connectivity index (χ4n) is 6.84. The first-order valence-electron chi connectivity index (χ1n) is 16.3. The summed E-state index contributed by atoms with van der Waals surface area (Å²) >= 11 is 0. The van der Waals surface area contributed by atoms with Gasteiger partial charge < -0.3 is 24.6 Å². The minimum atomic E-state index is -6.20. The Kier molecular flexibility index (Phi) is 11.1. The number of benzene rings is 3. The van der Waals surface area contributed by atoms with E-state index in [0.717, 1.165) is 36.8 Å². The van der Waals surface area contributed by atoms with Crippen LogP contribution in [0.4, 0.5) is 36.4 Å². The van der Waals surface area contributed by atoms with Crippen LogP contribution < -0.4 is 9.04 Å². The zero-order valence-electron chi connectivity index (χ0n) is 28.2. The lowest BCUT2D eigenvalue weighted by Gasteiger charge is -2.40. The number of carbonyl (C=O) groups excluding carboxylic acids is 2. The predicted molar refractivity (Wildman–Crippen MR) is 174 cm³/mol. The third-order valence-corrected chi connectivity index (χ3v) is 11.3. The number of alkyl halides is 6. The standard InChI is InChI=1S/C35H35F7N2O8S/c1-20(45)52-32-29(15-5-21-3-11-26(51-2)12-4-21)43(19-30(32)46)31(47)18-25-10-6-22-17-23(33(48,34(37,38)39)35(40,41)42)7-16-28(22)44(25)53(49,50)27-13-8-24(36)9-14-27/h3-4,7-9,11-14,16-17,25,29-30,32,46,48H,5-6,10,15,18-19H2,1-2H3/t25-,29+,30+,32-/m0/s1. The van der Waals surface area contributed by atoms with E-state index in [2.05, 4.69) is 0 Å². The molecule has 0 unspecified atom stereocenters. The van der Waals surface area contributed by atoms with E-state index in [1.54, 1.807) is 24.3 Å². The molecule has 1 fully saturated rings. The average Bonchev–Trinajstić information content (AvgIpc) is 3.39. The Labute approximate surface area is 299 Å². The number of aryl methyl sites for hydroxylation is 2. The van der Waals surface area contributed by atoms with Gasteiger partial charge in [0.1, 0.15) is 23.8 Å². The molecule has 0 bridgehead atoms. The van der Waals surface area contributed by atoms with E-state index < -0.39 is 86.8 Å². The Morgan fingerprint density at radius 3 is 2.13 bits per heavy atom. The summed E-state index contributed by atoms with van der Waals surface area (Å²) in [5, 5.41) is 20.9. The third-order valence-electron chi connectivity index (χ3n) is 9.47. The number of rotatable bonds is 10. The number of hydrogen-bond acceptors (Lipinski definition) is 8. The number of anilines is 1. The van der Waals surface area contributed by atoms with Crippen molar-refractivity contribution in [1.82, 2.24) is 4.90 Å². The SMILES string of the molecule is COc1ccc(CC[C@@H]2[C@H](OC(C)=O)[C@H](O)CN2C(=O)C[C@@H]2CCc3cc(C(O)(C(F)(F)F)C(F)(F)F)ccc3N2S(=O)(=O)c2ccc(F)cc2)cc1. The maximum absolute atomic E-state index is 14.1. The van der Waals surface area contributed by atoms with Gasteiger partial charge in [0.05, 0.1) is 36.3 Å². The number of aliphatic hydroxyl groups excluding tert-OH is 1. The van der Waals surface area contributed by atoms with Gasteiger partial charge in [-0.3, -0.25) is 13.9 Å². The number of amides is 1. The molecule has 10 nitrogen and oxygen atoms in total. The number of halogens is 7. The van der Waals surface area contributed by atoms with Crippen molar-refractivity contribution < 1.29 is 68.4 Å². The van der Waals surface area contributed by atoms with Crippen LogP contribution in [0.5, 0.6) is 5.75 Å². The highest BCUT2D eigenvalue weighted by Crippen LogP contribution is 2.51. The Bertz CT molecular complexity index is 1910. The quantitative estimate of drug-likeness (QED) is 0.213. The highest BCUT2D eigenvalue weighted by molar-refractivity contribution is 7.92. The lowest BCUT2D eigenvalue weighted by atomic mass is 9.87. The molecule has 5 rings (SSSR count). The number of sulfonamides is 1. The van der Waals surface area contributed by atoms with Crippen LogP contribution in [-0.4, -0.2) is 85.7 Å². The number of likely N-dealkylation sites (tertiary alicyclic amines) is 1. The summed E-state index contributed by atoms with van der Waals surface area (Å²) in [5.74, 6) is -1.61. The number of ether oxygens (including phenoxy) is 2. The second kappa shape index (κ2) is 14.8. The molecular formula is C35H35F7N2O8S. The predicted octanol–water partition coefficient (Wildman–Crippen LogP) is 5.18. The lowest BCUT2D eigenvalue weighted by molar-refractivity contribution is -0.376.